The van der Waals surface area contributed by atoms with E-state index in [1.807, 2.05) is 0 Å². The summed E-state index contributed by atoms with van der Waals surface area (Å²) in [6, 6.07) is 4.89. The third kappa shape index (κ3) is 4.70. The zero-order valence-corrected chi connectivity index (χ0v) is 14.2. The zero-order chi connectivity index (χ0) is 16.8. The normalized spacial score (nSPS) is 17.7. The van der Waals surface area contributed by atoms with E-state index in [0.717, 1.165) is 24.8 Å². The summed E-state index contributed by atoms with van der Waals surface area (Å²) in [5.41, 5.74) is 5.22. The number of nitrogens with zero attached hydrogens (tertiary/aromatic N) is 1. The lowest BCUT2D eigenvalue weighted by Gasteiger charge is -2.20. The Balaban J connectivity index is 1.97. The first-order chi connectivity index (χ1) is 11.0. The smallest absolute Gasteiger partial charge is 0.275 e. The van der Waals surface area contributed by atoms with Crippen LogP contribution in [0.5, 0.6) is 5.75 Å². The Labute approximate surface area is 141 Å². The van der Waals surface area contributed by atoms with Crippen molar-refractivity contribution in [3.05, 3.63) is 52.6 Å². The third-order valence-electron chi connectivity index (χ3n) is 3.95. The maximum atomic E-state index is 12.2. The number of ether oxygens (including phenoxy) is 1. The molecule has 0 saturated carbocycles. The number of nitrogens with one attached hydrogen (secondary N) is 1. The maximum Gasteiger partial charge on any atom is 0.275 e. The second kappa shape index (κ2) is 7.97. The molecule has 5 heteroatoms. The van der Waals surface area contributed by atoms with E-state index >= 15 is 0 Å². The van der Waals surface area contributed by atoms with Gasteiger partial charge in [0.15, 0.2) is 0 Å². The second-order valence-electron chi connectivity index (χ2n) is 5.64. The van der Waals surface area contributed by atoms with Gasteiger partial charge >= 0.3 is 0 Å². The van der Waals surface area contributed by atoms with Crippen molar-refractivity contribution < 1.29 is 9.53 Å². The van der Waals surface area contributed by atoms with Crippen LogP contribution in [-0.4, -0.2) is 19.2 Å². The number of hydrazone groups is 1. The van der Waals surface area contributed by atoms with Crippen molar-refractivity contribution in [1.29, 1.82) is 0 Å². The topological polar surface area (TPSA) is 50.7 Å². The number of hydrogen-bond donors (Lipinski definition) is 1. The number of benzene rings is 1. The summed E-state index contributed by atoms with van der Waals surface area (Å²) < 4.78 is 5.16. The van der Waals surface area contributed by atoms with Gasteiger partial charge in [0.05, 0.1) is 18.9 Å². The van der Waals surface area contributed by atoms with Crippen LogP contribution in [0.2, 0.25) is 5.02 Å². The third-order valence-corrected chi connectivity index (χ3v) is 4.18. The summed E-state index contributed by atoms with van der Waals surface area (Å²) in [5.74, 6) is 0.664. The SMILES string of the molecule is C=C(C)C1CC=C(C=NNC(=O)c2cc(Cl)ccc2OC)CC1. The first-order valence-electron chi connectivity index (χ1n) is 7.52. The number of carbonyl (C=O) groups is 1. The highest BCUT2D eigenvalue weighted by Gasteiger charge is 2.14. The van der Waals surface area contributed by atoms with Crippen LogP contribution in [0.15, 0.2) is 47.1 Å². The quantitative estimate of drug-likeness (QED) is 0.494. The summed E-state index contributed by atoms with van der Waals surface area (Å²) in [6.07, 6.45) is 6.84. The van der Waals surface area contributed by atoms with Crippen molar-refractivity contribution in [3.8, 4) is 5.75 Å². The molecule has 0 fully saturated rings. The largest absolute Gasteiger partial charge is 0.496 e. The Morgan fingerprint density at radius 3 is 2.91 bits per heavy atom. The molecule has 0 spiro atoms. The molecule has 0 aromatic heterocycles. The van der Waals surface area contributed by atoms with Gasteiger partial charge in [-0.1, -0.05) is 29.8 Å². The van der Waals surface area contributed by atoms with Gasteiger partial charge in [-0.05, 0) is 55.9 Å². The minimum absolute atomic E-state index is 0.350. The number of halogens is 1. The van der Waals surface area contributed by atoms with E-state index < -0.39 is 0 Å². The second-order valence-corrected chi connectivity index (χ2v) is 6.08. The highest BCUT2D eigenvalue weighted by molar-refractivity contribution is 6.31. The average molecular weight is 333 g/mol. The van der Waals surface area contributed by atoms with Gasteiger partial charge in [0.1, 0.15) is 5.75 Å². The van der Waals surface area contributed by atoms with Crippen molar-refractivity contribution in [3.63, 3.8) is 0 Å². The Morgan fingerprint density at radius 2 is 2.30 bits per heavy atom. The summed E-state index contributed by atoms with van der Waals surface area (Å²) >= 11 is 5.92. The lowest BCUT2D eigenvalue weighted by atomic mass is 9.86. The minimum atomic E-state index is -0.350. The molecule has 122 valence electrons. The molecule has 0 heterocycles. The summed E-state index contributed by atoms with van der Waals surface area (Å²) in [7, 11) is 1.51. The lowest BCUT2D eigenvalue weighted by Crippen LogP contribution is -2.19. The first kappa shape index (κ1) is 17.3. The molecule has 0 bridgehead atoms. The molecule has 0 saturated heterocycles. The average Bonchev–Trinajstić information content (AvgIpc) is 2.55. The Morgan fingerprint density at radius 1 is 1.52 bits per heavy atom. The monoisotopic (exact) mass is 332 g/mol. The number of allylic oxidation sites excluding steroid dienone is 3. The molecule has 1 N–H and O–H groups in total. The van der Waals surface area contributed by atoms with Crippen LogP contribution in [0.3, 0.4) is 0 Å². The predicted octanol–water partition coefficient (Wildman–Crippen LogP) is 4.37. The van der Waals surface area contributed by atoms with Crippen LogP contribution < -0.4 is 10.2 Å². The van der Waals surface area contributed by atoms with Gasteiger partial charge in [0.2, 0.25) is 0 Å². The molecule has 1 unspecified atom stereocenters. The molecule has 1 aromatic rings. The molecule has 1 atom stereocenters. The van der Waals surface area contributed by atoms with Crippen molar-refractivity contribution in [1.82, 2.24) is 5.43 Å². The molecular weight excluding hydrogens is 312 g/mol. The number of amides is 1. The van der Waals surface area contributed by atoms with E-state index in [1.165, 1.54) is 12.7 Å². The molecule has 1 aromatic carbocycles. The van der Waals surface area contributed by atoms with Gasteiger partial charge in [0, 0.05) is 5.02 Å². The van der Waals surface area contributed by atoms with E-state index in [1.54, 1.807) is 24.4 Å². The highest BCUT2D eigenvalue weighted by Crippen LogP contribution is 2.27. The Hall–Kier alpha value is -2.07. The predicted molar refractivity (Wildman–Crippen MR) is 94.2 cm³/mol. The molecule has 0 radical (unpaired) electrons. The highest BCUT2D eigenvalue weighted by atomic mass is 35.5. The van der Waals surface area contributed by atoms with Crippen molar-refractivity contribution in [2.45, 2.75) is 26.2 Å². The van der Waals surface area contributed by atoms with E-state index in [2.05, 4.69) is 30.1 Å². The fourth-order valence-corrected chi connectivity index (χ4v) is 2.68. The molecular formula is C18H21ClN2O2. The van der Waals surface area contributed by atoms with E-state index in [4.69, 9.17) is 16.3 Å². The van der Waals surface area contributed by atoms with Crippen molar-refractivity contribution in [2.24, 2.45) is 11.0 Å². The van der Waals surface area contributed by atoms with Gasteiger partial charge in [-0.15, -0.1) is 0 Å². The Kier molecular flexibility index (Phi) is 5.99. The van der Waals surface area contributed by atoms with E-state index in [0.29, 0.717) is 22.3 Å². The number of methoxy groups -OCH3 is 1. The van der Waals surface area contributed by atoms with Crippen LogP contribution in [0.1, 0.15) is 36.5 Å². The Bertz CT molecular complexity index is 665. The molecule has 4 nitrogen and oxygen atoms in total. The molecule has 1 aliphatic rings. The van der Waals surface area contributed by atoms with Gasteiger partial charge < -0.3 is 4.74 Å². The first-order valence-corrected chi connectivity index (χ1v) is 7.90. The summed E-state index contributed by atoms with van der Waals surface area (Å²) in [6.45, 7) is 6.07. The number of hydrogen-bond acceptors (Lipinski definition) is 3. The van der Waals surface area contributed by atoms with Gasteiger partial charge in [-0.25, -0.2) is 5.43 Å². The van der Waals surface area contributed by atoms with Crippen LogP contribution >= 0.6 is 11.6 Å². The molecule has 0 aliphatic heterocycles. The zero-order valence-electron chi connectivity index (χ0n) is 13.4. The summed E-state index contributed by atoms with van der Waals surface area (Å²) in [4.78, 5) is 12.2. The molecule has 1 amide bonds. The van der Waals surface area contributed by atoms with Gasteiger partial charge in [0.25, 0.3) is 5.91 Å². The fourth-order valence-electron chi connectivity index (χ4n) is 2.51. The minimum Gasteiger partial charge on any atom is -0.496 e. The van der Waals surface area contributed by atoms with Gasteiger partial charge in [-0.2, -0.15) is 5.10 Å². The standard InChI is InChI=1S/C18H21ClN2O2/c1-12(2)14-6-4-13(5-7-14)11-20-21-18(22)16-10-15(19)8-9-17(16)23-3/h4,8-11,14H,1,5-7H2,2-3H3,(H,21,22). The molecule has 2 rings (SSSR count). The van der Waals surface area contributed by atoms with Crippen LogP contribution in [0, 0.1) is 5.92 Å². The molecule has 23 heavy (non-hydrogen) atoms. The van der Waals surface area contributed by atoms with E-state index in [-0.39, 0.29) is 5.91 Å². The molecule has 1 aliphatic carbocycles. The fraction of sp³-hybridized carbons (Fsp3) is 0.333. The van der Waals surface area contributed by atoms with Crippen molar-refractivity contribution in [2.75, 3.05) is 7.11 Å². The number of carbonyl (C=O) groups excluding carboxylic acids is 1. The lowest BCUT2D eigenvalue weighted by molar-refractivity contribution is 0.0952. The van der Waals surface area contributed by atoms with Gasteiger partial charge in [-0.3, -0.25) is 4.79 Å². The maximum absolute atomic E-state index is 12.2. The van der Waals surface area contributed by atoms with Crippen LogP contribution in [0.4, 0.5) is 0 Å². The summed E-state index contributed by atoms with van der Waals surface area (Å²) in [5, 5.41) is 4.51. The van der Waals surface area contributed by atoms with Crippen LogP contribution in [0.25, 0.3) is 0 Å². The van der Waals surface area contributed by atoms with Crippen LogP contribution in [-0.2, 0) is 0 Å². The van der Waals surface area contributed by atoms with E-state index in [9.17, 15) is 4.79 Å². The van der Waals surface area contributed by atoms with Crippen molar-refractivity contribution >= 4 is 23.7 Å². The number of rotatable bonds is 5.